The molecule has 4 rings (SSSR count). The van der Waals surface area contributed by atoms with E-state index < -0.39 is 5.97 Å². The Morgan fingerprint density at radius 2 is 2.25 bits per heavy atom. The second-order valence-electron chi connectivity index (χ2n) is 7.47. The van der Waals surface area contributed by atoms with E-state index in [9.17, 15) is 14.0 Å². The maximum Gasteiger partial charge on any atom is 0.341 e. The monoisotopic (exact) mass is 458 g/mol. The molecule has 1 N–H and O–H groups in total. The van der Waals surface area contributed by atoms with E-state index >= 15 is 0 Å². The zero-order valence-corrected chi connectivity index (χ0v) is 18.4. The maximum absolute atomic E-state index is 13.5. The Labute approximate surface area is 188 Å². The van der Waals surface area contributed by atoms with Gasteiger partial charge < -0.3 is 14.6 Å². The molecule has 1 atom stereocenters. The number of ether oxygens (including phenoxy) is 1. The molecule has 2 aromatic heterocycles. The quantitative estimate of drug-likeness (QED) is 0.536. The number of carbonyl (C=O) groups excluding carboxylic acids is 2. The first-order chi connectivity index (χ1) is 15.5. The minimum absolute atomic E-state index is 0.0109. The van der Waals surface area contributed by atoms with Crippen molar-refractivity contribution in [2.24, 2.45) is 0 Å². The molecule has 1 aliphatic rings. The van der Waals surface area contributed by atoms with Gasteiger partial charge in [-0.25, -0.2) is 9.18 Å². The molecule has 10 heteroatoms. The molecule has 1 amide bonds. The lowest BCUT2D eigenvalue weighted by molar-refractivity contribution is -0.117. The number of hydrogen-bond acceptors (Lipinski definition) is 8. The number of anilines is 1. The van der Waals surface area contributed by atoms with E-state index in [1.165, 1.54) is 23.5 Å². The average Bonchev–Trinajstić information content (AvgIpc) is 3.44. The van der Waals surface area contributed by atoms with Gasteiger partial charge in [-0.2, -0.15) is 4.98 Å². The molecular weight excluding hydrogens is 435 g/mol. The Bertz CT molecular complexity index is 1100. The Balaban J connectivity index is 1.36. The summed E-state index contributed by atoms with van der Waals surface area (Å²) in [5.74, 6) is -0.197. The molecule has 8 nitrogen and oxygen atoms in total. The van der Waals surface area contributed by atoms with E-state index in [0.717, 1.165) is 19.4 Å². The fourth-order valence-electron chi connectivity index (χ4n) is 3.69. The topological polar surface area (TPSA) is 97.6 Å². The molecule has 0 aliphatic carbocycles. The van der Waals surface area contributed by atoms with Crippen molar-refractivity contribution in [3.63, 3.8) is 0 Å². The highest BCUT2D eigenvalue weighted by Gasteiger charge is 2.28. The van der Waals surface area contributed by atoms with Crippen molar-refractivity contribution in [3.05, 3.63) is 53.0 Å². The summed E-state index contributed by atoms with van der Waals surface area (Å²) in [6.45, 7) is 3.55. The van der Waals surface area contributed by atoms with E-state index in [0.29, 0.717) is 34.4 Å². The molecule has 1 saturated heterocycles. The van der Waals surface area contributed by atoms with Gasteiger partial charge in [0, 0.05) is 12.1 Å². The van der Waals surface area contributed by atoms with Gasteiger partial charge in [0.15, 0.2) is 0 Å². The summed E-state index contributed by atoms with van der Waals surface area (Å²) in [7, 11) is 0. The van der Waals surface area contributed by atoms with Crippen molar-refractivity contribution in [1.29, 1.82) is 0 Å². The van der Waals surface area contributed by atoms with Crippen molar-refractivity contribution < 1.29 is 23.2 Å². The third-order valence-corrected chi connectivity index (χ3v) is 5.99. The minimum Gasteiger partial charge on any atom is -0.462 e. The highest BCUT2D eigenvalue weighted by atomic mass is 32.1. The van der Waals surface area contributed by atoms with Gasteiger partial charge in [0.1, 0.15) is 10.8 Å². The number of halogens is 1. The van der Waals surface area contributed by atoms with Crippen LogP contribution in [0.15, 0.2) is 40.2 Å². The van der Waals surface area contributed by atoms with Crippen LogP contribution in [-0.4, -0.2) is 53.2 Å². The molecule has 0 spiro atoms. The lowest BCUT2D eigenvalue weighted by Gasteiger charge is -2.30. The molecule has 0 bridgehead atoms. The van der Waals surface area contributed by atoms with Crippen LogP contribution >= 0.6 is 11.3 Å². The molecule has 1 unspecified atom stereocenters. The second-order valence-corrected chi connectivity index (χ2v) is 8.39. The smallest absolute Gasteiger partial charge is 0.341 e. The fourth-order valence-corrected chi connectivity index (χ4v) is 4.48. The summed E-state index contributed by atoms with van der Waals surface area (Å²) < 4.78 is 23.9. The molecule has 32 heavy (non-hydrogen) atoms. The molecule has 0 saturated carbocycles. The highest BCUT2D eigenvalue weighted by Crippen LogP contribution is 2.28. The predicted octanol–water partition coefficient (Wildman–Crippen LogP) is 3.93. The van der Waals surface area contributed by atoms with Crippen molar-refractivity contribution in [3.8, 4) is 11.4 Å². The first-order valence-electron chi connectivity index (χ1n) is 10.4. The Morgan fingerprint density at radius 1 is 1.38 bits per heavy atom. The van der Waals surface area contributed by atoms with Crippen molar-refractivity contribution >= 4 is 28.2 Å². The summed E-state index contributed by atoms with van der Waals surface area (Å²) in [5.41, 5.74) is 0.915. The fraction of sp³-hybridized carbons (Fsp3) is 0.364. The first kappa shape index (κ1) is 22.1. The molecular formula is C22H23FN4O4S. The molecule has 1 aliphatic heterocycles. The lowest BCUT2D eigenvalue weighted by atomic mass is 9.98. The van der Waals surface area contributed by atoms with Crippen molar-refractivity contribution in [2.75, 3.05) is 31.6 Å². The molecule has 1 aromatic carbocycles. The summed E-state index contributed by atoms with van der Waals surface area (Å²) >= 11 is 1.28. The maximum atomic E-state index is 13.5. The molecule has 3 aromatic rings. The van der Waals surface area contributed by atoms with Crippen LogP contribution in [0.4, 0.5) is 9.39 Å². The number of aromatic nitrogens is 2. The predicted molar refractivity (Wildman–Crippen MR) is 117 cm³/mol. The number of nitrogens with zero attached hydrogens (tertiary/aromatic N) is 3. The lowest BCUT2D eigenvalue weighted by Crippen LogP contribution is -2.39. The van der Waals surface area contributed by atoms with Crippen LogP contribution in [0.25, 0.3) is 11.4 Å². The van der Waals surface area contributed by atoms with Crippen LogP contribution in [0, 0.1) is 5.82 Å². The van der Waals surface area contributed by atoms with Crippen LogP contribution < -0.4 is 5.32 Å². The largest absolute Gasteiger partial charge is 0.462 e. The van der Waals surface area contributed by atoms with E-state index in [4.69, 9.17) is 9.26 Å². The number of rotatable bonds is 7. The number of esters is 1. The SMILES string of the molecule is CCOC(=O)c1ccsc1NC(=O)CN1CCCC(c2nc(-c3cccc(F)c3)no2)C1. The normalized spacial score (nSPS) is 16.6. The first-order valence-corrected chi connectivity index (χ1v) is 11.3. The van der Waals surface area contributed by atoms with Crippen LogP contribution in [0.1, 0.15) is 41.9 Å². The summed E-state index contributed by atoms with van der Waals surface area (Å²) in [4.78, 5) is 31.1. The number of nitrogens with one attached hydrogen (secondary N) is 1. The van der Waals surface area contributed by atoms with Crippen LogP contribution in [0.5, 0.6) is 0 Å². The third kappa shape index (κ3) is 5.20. The number of amides is 1. The van der Waals surface area contributed by atoms with Gasteiger partial charge in [-0.15, -0.1) is 11.3 Å². The van der Waals surface area contributed by atoms with E-state index in [-0.39, 0.29) is 30.8 Å². The zero-order valence-electron chi connectivity index (χ0n) is 17.5. The van der Waals surface area contributed by atoms with Gasteiger partial charge in [-0.3, -0.25) is 9.69 Å². The molecule has 3 heterocycles. The number of carbonyl (C=O) groups is 2. The Kier molecular flexibility index (Phi) is 6.91. The van der Waals surface area contributed by atoms with E-state index in [1.807, 2.05) is 4.90 Å². The zero-order chi connectivity index (χ0) is 22.5. The van der Waals surface area contributed by atoms with Crippen LogP contribution in [0.3, 0.4) is 0 Å². The molecule has 1 fully saturated rings. The Hall–Kier alpha value is -3.11. The standard InChI is InChI=1S/C22H23FN4O4S/c1-2-30-22(29)17-8-10-32-21(17)24-18(28)13-27-9-4-6-15(12-27)20-25-19(26-31-20)14-5-3-7-16(23)11-14/h3,5,7-8,10-11,15H,2,4,6,9,12-13H2,1H3,(H,24,28). The van der Waals surface area contributed by atoms with Crippen molar-refractivity contribution in [1.82, 2.24) is 15.0 Å². The number of likely N-dealkylation sites (tertiary alicyclic amines) is 1. The second kappa shape index (κ2) is 10.0. The van der Waals surface area contributed by atoms with Gasteiger partial charge in [-0.05, 0) is 49.9 Å². The molecule has 168 valence electrons. The van der Waals surface area contributed by atoms with Gasteiger partial charge >= 0.3 is 5.97 Å². The number of benzene rings is 1. The number of hydrogen-bond donors (Lipinski definition) is 1. The highest BCUT2D eigenvalue weighted by molar-refractivity contribution is 7.14. The summed E-state index contributed by atoms with van der Waals surface area (Å²) in [6, 6.07) is 7.69. The van der Waals surface area contributed by atoms with Gasteiger partial charge in [0.05, 0.1) is 24.6 Å². The van der Waals surface area contributed by atoms with Gasteiger partial charge in [-0.1, -0.05) is 17.3 Å². The Morgan fingerprint density at radius 3 is 3.06 bits per heavy atom. The van der Waals surface area contributed by atoms with E-state index in [2.05, 4.69) is 15.5 Å². The average molecular weight is 459 g/mol. The van der Waals surface area contributed by atoms with E-state index in [1.54, 1.807) is 30.5 Å². The number of thiophene rings is 1. The van der Waals surface area contributed by atoms with Gasteiger partial charge in [0.25, 0.3) is 0 Å². The minimum atomic E-state index is -0.451. The van der Waals surface area contributed by atoms with Crippen LogP contribution in [0.2, 0.25) is 0 Å². The number of piperidine rings is 1. The van der Waals surface area contributed by atoms with Gasteiger partial charge in [0.2, 0.25) is 17.6 Å². The molecule has 0 radical (unpaired) electrons. The van der Waals surface area contributed by atoms with Crippen LogP contribution in [-0.2, 0) is 9.53 Å². The summed E-state index contributed by atoms with van der Waals surface area (Å²) in [6.07, 6.45) is 1.74. The van der Waals surface area contributed by atoms with Crippen molar-refractivity contribution in [2.45, 2.75) is 25.7 Å². The summed E-state index contributed by atoms with van der Waals surface area (Å²) in [5, 5.41) is 9.03. The third-order valence-electron chi connectivity index (χ3n) is 5.16.